The van der Waals surface area contributed by atoms with Crippen LogP contribution in [0.1, 0.15) is 0 Å². The minimum Gasteiger partial charge on any atom is -0.398 e. The molecule has 0 saturated carbocycles. The van der Waals surface area contributed by atoms with Crippen LogP contribution in [0.5, 0.6) is 0 Å². The van der Waals surface area contributed by atoms with Gasteiger partial charge in [-0.1, -0.05) is 29.3 Å². The fourth-order valence-electron chi connectivity index (χ4n) is 1.40. The molecule has 0 unspecified atom stereocenters. The average Bonchev–Trinajstić information content (AvgIpc) is 2.35. The average molecular weight is 318 g/mol. The number of hydrogen-bond donors (Lipinski definition) is 2. The number of anilines is 2. The predicted octanol–water partition coefficient (Wildman–Crippen LogP) is 2.77. The maximum atomic E-state index is 12.2. The lowest BCUT2D eigenvalue weighted by Gasteiger charge is -2.11. The van der Waals surface area contributed by atoms with Crippen molar-refractivity contribution in [1.29, 1.82) is 0 Å². The highest BCUT2D eigenvalue weighted by molar-refractivity contribution is 7.92. The first-order valence-electron chi connectivity index (χ1n) is 5.08. The molecule has 5 nitrogen and oxygen atoms in total. The summed E-state index contributed by atoms with van der Waals surface area (Å²) in [5.74, 6) is 0. The van der Waals surface area contributed by atoms with E-state index in [1.165, 1.54) is 18.3 Å². The van der Waals surface area contributed by atoms with E-state index in [0.717, 1.165) is 6.20 Å². The molecule has 0 radical (unpaired) electrons. The third-order valence-electron chi connectivity index (χ3n) is 2.30. The van der Waals surface area contributed by atoms with Crippen LogP contribution in [0, 0.1) is 0 Å². The number of sulfonamides is 1. The molecule has 0 bridgehead atoms. The molecule has 1 aromatic heterocycles. The number of nitrogens with zero attached hydrogens (tertiary/aromatic N) is 1. The Morgan fingerprint density at radius 2 is 1.95 bits per heavy atom. The van der Waals surface area contributed by atoms with E-state index in [9.17, 15) is 8.42 Å². The monoisotopic (exact) mass is 317 g/mol. The Morgan fingerprint density at radius 1 is 1.21 bits per heavy atom. The van der Waals surface area contributed by atoms with Crippen molar-refractivity contribution in [3.8, 4) is 0 Å². The van der Waals surface area contributed by atoms with Gasteiger partial charge in [-0.2, -0.15) is 0 Å². The lowest BCUT2D eigenvalue weighted by molar-refractivity contribution is 0.601. The van der Waals surface area contributed by atoms with E-state index < -0.39 is 10.0 Å². The summed E-state index contributed by atoms with van der Waals surface area (Å²) in [6.07, 6.45) is 2.57. The highest BCUT2D eigenvalue weighted by Gasteiger charge is 2.19. The van der Waals surface area contributed by atoms with Crippen molar-refractivity contribution in [1.82, 2.24) is 4.98 Å². The lowest BCUT2D eigenvalue weighted by atomic mass is 10.3. The van der Waals surface area contributed by atoms with Crippen LogP contribution < -0.4 is 10.5 Å². The Morgan fingerprint density at radius 3 is 2.63 bits per heavy atom. The summed E-state index contributed by atoms with van der Waals surface area (Å²) in [6.45, 7) is 0. The summed E-state index contributed by atoms with van der Waals surface area (Å²) >= 11 is 11.7. The van der Waals surface area contributed by atoms with Gasteiger partial charge < -0.3 is 5.73 Å². The van der Waals surface area contributed by atoms with Gasteiger partial charge in [-0.05, 0) is 18.2 Å². The molecule has 8 heteroatoms. The number of nitrogens with one attached hydrogen (secondary N) is 1. The Balaban J connectivity index is 2.43. The zero-order chi connectivity index (χ0) is 14.0. The Kier molecular flexibility index (Phi) is 3.84. The lowest BCUT2D eigenvalue weighted by Crippen LogP contribution is -2.15. The zero-order valence-electron chi connectivity index (χ0n) is 9.47. The number of nitrogen functional groups attached to an aromatic ring is 1. The van der Waals surface area contributed by atoms with Gasteiger partial charge >= 0.3 is 0 Å². The number of aromatic nitrogens is 1. The maximum Gasteiger partial charge on any atom is 0.265 e. The second kappa shape index (κ2) is 5.24. The Labute approximate surface area is 120 Å². The molecule has 2 rings (SSSR count). The number of benzene rings is 1. The minimum absolute atomic E-state index is 0.0978. The third-order valence-corrected chi connectivity index (χ3v) is 4.53. The molecule has 0 amide bonds. The summed E-state index contributed by atoms with van der Waals surface area (Å²) < 4.78 is 26.6. The molecule has 0 aliphatic carbocycles. The van der Waals surface area contributed by atoms with E-state index in [0.29, 0.717) is 0 Å². The standard InChI is InChI=1S/C11H9Cl2N3O2S/c12-7-2-1-3-9(11(7)13)16-19(17,18)10-6-15-5-4-8(10)14/h1-6,16H,(H2,14,15). The maximum absolute atomic E-state index is 12.2. The highest BCUT2D eigenvalue weighted by atomic mass is 35.5. The normalized spacial score (nSPS) is 11.3. The van der Waals surface area contributed by atoms with E-state index in [1.54, 1.807) is 12.1 Å². The van der Waals surface area contributed by atoms with Crippen LogP contribution in [-0.4, -0.2) is 13.4 Å². The Hall–Kier alpha value is -1.50. The summed E-state index contributed by atoms with van der Waals surface area (Å²) in [5.41, 5.74) is 5.89. The van der Waals surface area contributed by atoms with E-state index in [-0.39, 0.29) is 26.3 Å². The van der Waals surface area contributed by atoms with E-state index in [1.807, 2.05) is 0 Å². The van der Waals surface area contributed by atoms with Crippen molar-refractivity contribution >= 4 is 44.6 Å². The predicted molar refractivity (Wildman–Crippen MR) is 75.9 cm³/mol. The van der Waals surface area contributed by atoms with Crippen LogP contribution in [0.3, 0.4) is 0 Å². The minimum atomic E-state index is -3.86. The summed E-state index contributed by atoms with van der Waals surface area (Å²) in [5, 5.41) is 0.372. The van der Waals surface area contributed by atoms with Gasteiger partial charge in [0.2, 0.25) is 0 Å². The third kappa shape index (κ3) is 2.91. The molecule has 0 aliphatic rings. The van der Waals surface area contributed by atoms with E-state index in [4.69, 9.17) is 28.9 Å². The van der Waals surface area contributed by atoms with Gasteiger partial charge in [-0.3, -0.25) is 9.71 Å². The van der Waals surface area contributed by atoms with Crippen LogP contribution in [0.4, 0.5) is 11.4 Å². The fourth-order valence-corrected chi connectivity index (χ4v) is 2.95. The molecular weight excluding hydrogens is 309 g/mol. The molecule has 19 heavy (non-hydrogen) atoms. The van der Waals surface area contributed by atoms with Crippen molar-refractivity contribution in [2.75, 3.05) is 10.5 Å². The van der Waals surface area contributed by atoms with Crippen LogP contribution in [-0.2, 0) is 10.0 Å². The topological polar surface area (TPSA) is 85.1 Å². The van der Waals surface area contributed by atoms with Gasteiger partial charge in [-0.15, -0.1) is 0 Å². The first kappa shape index (κ1) is 13.9. The van der Waals surface area contributed by atoms with E-state index >= 15 is 0 Å². The first-order chi connectivity index (χ1) is 8.92. The van der Waals surface area contributed by atoms with Gasteiger partial charge in [-0.25, -0.2) is 8.42 Å². The fraction of sp³-hybridized carbons (Fsp3) is 0. The van der Waals surface area contributed by atoms with Crippen molar-refractivity contribution < 1.29 is 8.42 Å². The van der Waals surface area contributed by atoms with Crippen molar-refractivity contribution in [3.63, 3.8) is 0 Å². The largest absolute Gasteiger partial charge is 0.398 e. The molecule has 0 aliphatic heterocycles. The zero-order valence-corrected chi connectivity index (χ0v) is 11.8. The molecular formula is C11H9Cl2N3O2S. The molecule has 2 aromatic rings. The van der Waals surface area contributed by atoms with Crippen LogP contribution in [0.15, 0.2) is 41.6 Å². The number of rotatable bonds is 3. The highest BCUT2D eigenvalue weighted by Crippen LogP contribution is 2.31. The number of pyridine rings is 1. The molecule has 0 atom stereocenters. The Bertz CT molecular complexity index is 720. The quantitative estimate of drug-likeness (QED) is 0.911. The van der Waals surface area contributed by atoms with Gasteiger partial charge in [0.1, 0.15) is 4.90 Å². The molecule has 1 aromatic carbocycles. The molecule has 0 saturated heterocycles. The molecule has 0 fully saturated rings. The number of hydrogen-bond acceptors (Lipinski definition) is 4. The van der Waals surface area contributed by atoms with Crippen molar-refractivity contribution in [3.05, 3.63) is 46.7 Å². The van der Waals surface area contributed by atoms with Crippen LogP contribution in [0.2, 0.25) is 10.0 Å². The van der Waals surface area contributed by atoms with Gasteiger partial charge in [0.25, 0.3) is 10.0 Å². The number of halogens is 2. The molecule has 100 valence electrons. The molecule has 1 heterocycles. The smallest absolute Gasteiger partial charge is 0.265 e. The van der Waals surface area contributed by atoms with Crippen molar-refractivity contribution in [2.24, 2.45) is 0 Å². The second-order valence-corrected chi connectivity index (χ2v) is 6.06. The SMILES string of the molecule is Nc1ccncc1S(=O)(=O)Nc1cccc(Cl)c1Cl. The van der Waals surface area contributed by atoms with Crippen LogP contribution >= 0.6 is 23.2 Å². The number of nitrogens with two attached hydrogens (primary N) is 1. The van der Waals surface area contributed by atoms with Gasteiger partial charge in [0, 0.05) is 12.4 Å². The molecule has 3 N–H and O–H groups in total. The van der Waals surface area contributed by atoms with E-state index in [2.05, 4.69) is 9.71 Å². The summed E-state index contributed by atoms with van der Waals surface area (Å²) in [7, 11) is -3.86. The molecule has 0 spiro atoms. The van der Waals surface area contributed by atoms with Gasteiger partial charge in [0.15, 0.2) is 0 Å². The summed E-state index contributed by atoms with van der Waals surface area (Å²) in [4.78, 5) is 3.62. The second-order valence-electron chi connectivity index (χ2n) is 3.62. The first-order valence-corrected chi connectivity index (χ1v) is 7.32. The van der Waals surface area contributed by atoms with Gasteiger partial charge in [0.05, 0.1) is 21.4 Å². The summed E-state index contributed by atoms with van der Waals surface area (Å²) in [6, 6.07) is 6.03. The van der Waals surface area contributed by atoms with Crippen molar-refractivity contribution in [2.45, 2.75) is 4.90 Å². The van der Waals surface area contributed by atoms with Crippen LogP contribution in [0.25, 0.3) is 0 Å².